The maximum absolute atomic E-state index is 3.59. The van der Waals surface area contributed by atoms with Crippen molar-refractivity contribution in [3.8, 4) is 0 Å². The largest absolute Gasteiger partial charge is 0.345 e. The van der Waals surface area contributed by atoms with E-state index in [1.54, 1.807) is 12.1 Å². The maximum atomic E-state index is 3.59. The Hall–Kier alpha value is 0.354. The Bertz CT molecular complexity index is 243. The smallest absolute Gasteiger partial charge is 0.121 e. The second-order valence-electron chi connectivity index (χ2n) is 6.62. The highest BCUT2D eigenvalue weighted by Crippen LogP contribution is 2.45. The monoisotopic (exact) mass is 314 g/mol. The van der Waals surface area contributed by atoms with Crippen molar-refractivity contribution in [1.29, 1.82) is 0 Å². The molecule has 0 amide bonds. The van der Waals surface area contributed by atoms with Gasteiger partial charge in [0.05, 0.1) is 0 Å². The van der Waals surface area contributed by atoms with Gasteiger partial charge in [0.15, 0.2) is 0 Å². The lowest BCUT2D eigenvalue weighted by molar-refractivity contribution is 0.541. The third-order valence-corrected chi connectivity index (χ3v) is 19.7. The molecular formula is C16H38N2Si2. The Morgan fingerprint density at radius 3 is 1.70 bits per heavy atom. The van der Waals surface area contributed by atoms with Crippen molar-refractivity contribution >= 4 is 16.5 Å². The Balaban J connectivity index is 2.70. The van der Waals surface area contributed by atoms with E-state index in [1.165, 1.54) is 56.7 Å². The normalized spacial score (nSPS) is 21.4. The summed E-state index contributed by atoms with van der Waals surface area (Å²) in [5.41, 5.74) is 0. The zero-order valence-electron chi connectivity index (χ0n) is 14.7. The summed E-state index contributed by atoms with van der Waals surface area (Å²) in [5.74, 6) is 0. The van der Waals surface area contributed by atoms with Gasteiger partial charge in [-0.1, -0.05) is 34.6 Å². The van der Waals surface area contributed by atoms with Gasteiger partial charge in [0.2, 0.25) is 0 Å². The first kappa shape index (κ1) is 18.4. The summed E-state index contributed by atoms with van der Waals surface area (Å²) in [6, 6.07) is 9.16. The Morgan fingerprint density at radius 2 is 1.30 bits per heavy atom. The number of hydrogen-bond acceptors (Lipinski definition) is 2. The lowest BCUT2D eigenvalue weighted by Crippen LogP contribution is -2.60. The first-order valence-corrected chi connectivity index (χ1v) is 14.3. The van der Waals surface area contributed by atoms with Crippen molar-refractivity contribution < 1.29 is 0 Å². The minimum absolute atomic E-state index is 1.09. The molecule has 0 saturated carbocycles. The zero-order chi connectivity index (χ0) is 15.1. The number of nitrogens with one attached hydrogen (secondary N) is 1. The fourth-order valence-electron chi connectivity index (χ4n) is 4.35. The fraction of sp³-hybridized carbons (Fsp3) is 1.00. The van der Waals surface area contributed by atoms with Gasteiger partial charge in [-0.3, -0.25) is 0 Å². The molecule has 0 aromatic heterocycles. The van der Waals surface area contributed by atoms with Gasteiger partial charge in [-0.15, -0.1) is 0 Å². The van der Waals surface area contributed by atoms with Crippen LogP contribution < -0.4 is 5.32 Å². The fourth-order valence-corrected chi connectivity index (χ4v) is 20.4. The molecule has 0 atom stereocenters. The average Bonchev–Trinajstić information content (AvgIpc) is 2.82. The lowest BCUT2D eigenvalue weighted by atomic mass is 10.4. The molecule has 1 heterocycles. The number of nitrogens with zero attached hydrogens (tertiary/aromatic N) is 1. The second-order valence-corrected chi connectivity index (χ2v) is 16.9. The summed E-state index contributed by atoms with van der Waals surface area (Å²) in [4.78, 5) is 0. The van der Waals surface area contributed by atoms with E-state index in [9.17, 15) is 0 Å². The van der Waals surface area contributed by atoms with Gasteiger partial charge in [0.25, 0.3) is 0 Å². The molecule has 0 aromatic rings. The molecule has 120 valence electrons. The molecule has 0 aromatic carbocycles. The molecule has 20 heavy (non-hydrogen) atoms. The van der Waals surface area contributed by atoms with Crippen molar-refractivity contribution in [1.82, 2.24) is 9.55 Å². The number of hydrogen-bond donors (Lipinski definition) is 1. The minimum Gasteiger partial charge on any atom is -0.345 e. The van der Waals surface area contributed by atoms with Crippen molar-refractivity contribution in [2.45, 2.75) is 83.7 Å². The molecule has 0 bridgehead atoms. The quantitative estimate of drug-likeness (QED) is 0.466. The lowest BCUT2D eigenvalue weighted by Gasteiger charge is -2.45. The third kappa shape index (κ3) is 3.76. The van der Waals surface area contributed by atoms with Crippen LogP contribution in [0.3, 0.4) is 0 Å². The van der Waals surface area contributed by atoms with E-state index in [4.69, 9.17) is 0 Å². The van der Waals surface area contributed by atoms with Crippen LogP contribution in [0.4, 0.5) is 0 Å². The first-order valence-electron chi connectivity index (χ1n) is 9.13. The average molecular weight is 315 g/mol. The molecule has 0 radical (unpaired) electrons. The standard InChI is InChI=1S/C16H38N2Si2/c1-6-12-17-13-11-14-18-19(7-2,8-3)15-16-20(18,9-4)10-5/h17H,6-16H2,1-5H3. The highest BCUT2D eigenvalue weighted by Gasteiger charge is 2.53. The van der Waals surface area contributed by atoms with Crippen LogP contribution in [0.2, 0.25) is 36.3 Å². The van der Waals surface area contributed by atoms with E-state index in [0.717, 1.165) is 0 Å². The predicted molar refractivity (Wildman–Crippen MR) is 97.5 cm³/mol. The first-order chi connectivity index (χ1) is 9.64. The molecule has 1 fully saturated rings. The molecule has 1 rings (SSSR count). The summed E-state index contributed by atoms with van der Waals surface area (Å²) < 4.78 is 3.20. The van der Waals surface area contributed by atoms with Crippen molar-refractivity contribution in [2.75, 3.05) is 19.6 Å². The summed E-state index contributed by atoms with van der Waals surface area (Å²) in [6.45, 7) is 16.0. The molecule has 1 saturated heterocycles. The van der Waals surface area contributed by atoms with E-state index in [2.05, 4.69) is 44.2 Å². The summed E-state index contributed by atoms with van der Waals surface area (Å²) in [6.07, 6.45) is 2.62. The highest BCUT2D eigenvalue weighted by molar-refractivity contribution is 6.97. The van der Waals surface area contributed by atoms with Gasteiger partial charge in [-0.2, -0.15) is 0 Å². The Labute approximate surface area is 129 Å². The van der Waals surface area contributed by atoms with E-state index in [1.807, 2.05) is 0 Å². The minimum atomic E-state index is -1.09. The SMILES string of the molecule is CCCNCCCN1[Si](CC)(CC)CC[Si]1(CC)CC. The molecule has 2 nitrogen and oxygen atoms in total. The van der Waals surface area contributed by atoms with Gasteiger partial charge in [0.1, 0.15) is 16.5 Å². The summed E-state index contributed by atoms with van der Waals surface area (Å²) in [7, 11) is -2.18. The molecular weight excluding hydrogens is 276 g/mol. The van der Waals surface area contributed by atoms with E-state index < -0.39 is 16.5 Å². The third-order valence-electron chi connectivity index (χ3n) is 6.00. The van der Waals surface area contributed by atoms with Crippen LogP contribution in [0.1, 0.15) is 47.5 Å². The van der Waals surface area contributed by atoms with Crippen molar-refractivity contribution in [3.63, 3.8) is 0 Å². The van der Waals surface area contributed by atoms with Crippen molar-refractivity contribution in [2.24, 2.45) is 0 Å². The molecule has 0 spiro atoms. The molecule has 1 aliphatic rings. The molecule has 4 heteroatoms. The van der Waals surface area contributed by atoms with Crippen LogP contribution in [-0.4, -0.2) is 40.3 Å². The van der Waals surface area contributed by atoms with Crippen LogP contribution in [0.15, 0.2) is 0 Å². The van der Waals surface area contributed by atoms with Crippen LogP contribution in [-0.2, 0) is 0 Å². The molecule has 0 unspecified atom stereocenters. The van der Waals surface area contributed by atoms with E-state index in [0.29, 0.717) is 0 Å². The van der Waals surface area contributed by atoms with Gasteiger partial charge in [0, 0.05) is 0 Å². The zero-order valence-corrected chi connectivity index (χ0v) is 16.7. The second kappa shape index (κ2) is 8.71. The van der Waals surface area contributed by atoms with E-state index >= 15 is 0 Å². The molecule has 0 aliphatic carbocycles. The molecule has 1 N–H and O–H groups in total. The topological polar surface area (TPSA) is 15.3 Å². The maximum Gasteiger partial charge on any atom is 0.121 e. The Morgan fingerprint density at radius 1 is 0.800 bits per heavy atom. The van der Waals surface area contributed by atoms with Crippen LogP contribution in [0, 0.1) is 0 Å². The van der Waals surface area contributed by atoms with Crippen LogP contribution in [0.25, 0.3) is 0 Å². The number of rotatable bonds is 10. The van der Waals surface area contributed by atoms with E-state index in [-0.39, 0.29) is 0 Å². The molecule has 1 aliphatic heterocycles. The summed E-state index contributed by atoms with van der Waals surface area (Å²) >= 11 is 0. The van der Waals surface area contributed by atoms with Gasteiger partial charge < -0.3 is 9.55 Å². The summed E-state index contributed by atoms with van der Waals surface area (Å²) in [5, 5.41) is 3.59. The Kier molecular flexibility index (Phi) is 8.02. The van der Waals surface area contributed by atoms with Crippen LogP contribution in [0.5, 0.6) is 0 Å². The van der Waals surface area contributed by atoms with Crippen molar-refractivity contribution in [3.05, 3.63) is 0 Å². The predicted octanol–water partition coefficient (Wildman–Crippen LogP) is 4.66. The van der Waals surface area contributed by atoms with Gasteiger partial charge in [-0.05, 0) is 68.7 Å². The van der Waals surface area contributed by atoms with Gasteiger partial charge >= 0.3 is 0 Å². The highest BCUT2D eigenvalue weighted by atomic mass is 28.4. The van der Waals surface area contributed by atoms with Crippen LogP contribution >= 0.6 is 0 Å². The van der Waals surface area contributed by atoms with Gasteiger partial charge in [-0.25, -0.2) is 0 Å².